The predicted molar refractivity (Wildman–Crippen MR) is 123 cm³/mol. The molecule has 0 bridgehead atoms. The van der Waals surface area contributed by atoms with Gasteiger partial charge in [0, 0.05) is 22.8 Å². The topological polar surface area (TPSA) is 95.5 Å². The molecule has 6 nitrogen and oxygen atoms in total. The highest BCUT2D eigenvalue weighted by Crippen LogP contribution is 2.32. The second-order valence-electron chi connectivity index (χ2n) is 7.21. The summed E-state index contributed by atoms with van der Waals surface area (Å²) in [7, 11) is -3.81. The van der Waals surface area contributed by atoms with E-state index in [1.165, 1.54) is 17.8 Å². The number of hydrogen-bond donors (Lipinski definition) is 3. The van der Waals surface area contributed by atoms with Gasteiger partial charge in [-0.25, -0.2) is 8.42 Å². The van der Waals surface area contributed by atoms with Crippen LogP contribution in [0, 0.1) is 0 Å². The first kappa shape index (κ1) is 21.4. The lowest BCUT2D eigenvalue weighted by atomic mass is 10.0. The summed E-state index contributed by atoms with van der Waals surface area (Å²) in [4.78, 5) is 12.4. The van der Waals surface area contributed by atoms with Crippen molar-refractivity contribution in [1.29, 1.82) is 0 Å². The number of thioether (sulfide) groups is 1. The second-order valence-corrected chi connectivity index (χ2v) is 9.95. The number of rotatable bonds is 7. The molecule has 1 amide bonds. The number of aryl methyl sites for hydroxylation is 1. The Hall–Kier alpha value is -2.81. The van der Waals surface area contributed by atoms with Crippen molar-refractivity contribution in [3.8, 4) is 0 Å². The first-order chi connectivity index (χ1) is 14.9. The molecule has 160 valence electrons. The maximum absolute atomic E-state index is 13.0. The molecule has 0 aliphatic carbocycles. The van der Waals surface area contributed by atoms with Crippen molar-refractivity contribution in [3.63, 3.8) is 0 Å². The summed E-state index contributed by atoms with van der Waals surface area (Å²) in [6, 6.07) is 21.2. The number of fused-ring (bicyclic) bond motifs is 1. The van der Waals surface area contributed by atoms with E-state index in [1.54, 1.807) is 24.3 Å². The first-order valence-electron chi connectivity index (χ1n) is 9.83. The van der Waals surface area contributed by atoms with E-state index in [9.17, 15) is 18.3 Å². The number of para-hydroxylation sites is 1. The minimum Gasteiger partial charge on any atom is -0.388 e. The average molecular weight is 455 g/mol. The van der Waals surface area contributed by atoms with E-state index >= 15 is 0 Å². The third-order valence-electron chi connectivity index (χ3n) is 4.99. The predicted octanol–water partition coefficient (Wildman–Crippen LogP) is 4.20. The van der Waals surface area contributed by atoms with Crippen molar-refractivity contribution in [2.45, 2.75) is 28.7 Å². The van der Waals surface area contributed by atoms with Crippen LogP contribution in [0.25, 0.3) is 0 Å². The molecule has 3 aromatic carbocycles. The Morgan fingerprint density at radius 1 is 1.00 bits per heavy atom. The number of aliphatic hydroxyl groups is 1. The minimum atomic E-state index is -3.81. The minimum absolute atomic E-state index is 0.0649. The Labute approximate surface area is 185 Å². The molecule has 3 aromatic rings. The van der Waals surface area contributed by atoms with Crippen molar-refractivity contribution < 1.29 is 18.3 Å². The molecule has 3 N–H and O–H groups in total. The maximum atomic E-state index is 13.0. The summed E-state index contributed by atoms with van der Waals surface area (Å²) in [5.74, 6) is 0.325. The van der Waals surface area contributed by atoms with E-state index in [4.69, 9.17) is 0 Å². The maximum Gasteiger partial charge on any atom is 0.261 e. The van der Waals surface area contributed by atoms with Crippen LogP contribution in [0.15, 0.2) is 82.6 Å². The summed E-state index contributed by atoms with van der Waals surface area (Å²) in [5, 5.41) is 13.2. The number of aliphatic hydroxyl groups excluding tert-OH is 1. The van der Waals surface area contributed by atoms with Crippen LogP contribution in [-0.2, 0) is 21.2 Å². The van der Waals surface area contributed by atoms with Crippen LogP contribution < -0.4 is 10.0 Å². The van der Waals surface area contributed by atoms with E-state index in [1.807, 2.05) is 42.5 Å². The van der Waals surface area contributed by atoms with Crippen LogP contribution >= 0.6 is 11.8 Å². The monoisotopic (exact) mass is 454 g/mol. The lowest BCUT2D eigenvalue weighted by molar-refractivity contribution is -0.116. The molecule has 1 atom stereocenters. The number of anilines is 2. The number of benzene rings is 3. The van der Waals surface area contributed by atoms with E-state index in [2.05, 4.69) is 10.0 Å². The Morgan fingerprint density at radius 2 is 1.74 bits per heavy atom. The molecular weight excluding hydrogens is 432 g/mol. The molecule has 0 saturated heterocycles. The average Bonchev–Trinajstić information content (AvgIpc) is 2.78. The molecule has 1 aliphatic heterocycles. The summed E-state index contributed by atoms with van der Waals surface area (Å²) in [6.07, 6.45) is 0.188. The molecule has 0 radical (unpaired) electrons. The molecule has 31 heavy (non-hydrogen) atoms. The van der Waals surface area contributed by atoms with Gasteiger partial charge in [0.15, 0.2) is 0 Å². The highest BCUT2D eigenvalue weighted by molar-refractivity contribution is 7.99. The Kier molecular flexibility index (Phi) is 6.31. The normalized spacial score (nSPS) is 14.4. The molecule has 4 rings (SSSR count). The second kappa shape index (κ2) is 9.13. The van der Waals surface area contributed by atoms with Gasteiger partial charge >= 0.3 is 0 Å². The van der Waals surface area contributed by atoms with Crippen molar-refractivity contribution in [1.82, 2.24) is 0 Å². The quantitative estimate of drug-likeness (QED) is 0.465. The fourth-order valence-electron chi connectivity index (χ4n) is 3.35. The lowest BCUT2D eigenvalue weighted by Gasteiger charge is -2.18. The third kappa shape index (κ3) is 5.10. The summed E-state index contributed by atoms with van der Waals surface area (Å²) in [6.45, 7) is 0. The van der Waals surface area contributed by atoms with Crippen LogP contribution in [0.2, 0.25) is 0 Å². The largest absolute Gasteiger partial charge is 0.388 e. The van der Waals surface area contributed by atoms with Gasteiger partial charge in [-0.15, -0.1) is 11.8 Å². The zero-order valence-electron chi connectivity index (χ0n) is 16.6. The number of amides is 1. The molecule has 0 aromatic heterocycles. The SMILES string of the molecule is O=C1CCc2cc(S(=O)(=O)Nc3ccccc3SC[C@@H](O)c3ccccc3)ccc2N1. The van der Waals surface area contributed by atoms with E-state index in [0.717, 1.165) is 16.0 Å². The smallest absolute Gasteiger partial charge is 0.261 e. The van der Waals surface area contributed by atoms with Gasteiger partial charge in [-0.3, -0.25) is 9.52 Å². The highest BCUT2D eigenvalue weighted by atomic mass is 32.2. The highest BCUT2D eigenvalue weighted by Gasteiger charge is 2.21. The summed E-state index contributed by atoms with van der Waals surface area (Å²) < 4.78 is 28.7. The fourth-order valence-corrected chi connectivity index (χ4v) is 5.52. The summed E-state index contributed by atoms with van der Waals surface area (Å²) in [5.41, 5.74) is 2.73. The van der Waals surface area contributed by atoms with Gasteiger partial charge in [-0.05, 0) is 47.9 Å². The number of hydrogen-bond acceptors (Lipinski definition) is 5. The van der Waals surface area contributed by atoms with Gasteiger partial charge in [0.1, 0.15) is 0 Å². The van der Waals surface area contributed by atoms with Gasteiger partial charge < -0.3 is 10.4 Å². The molecule has 1 heterocycles. The first-order valence-corrected chi connectivity index (χ1v) is 12.3. The Balaban J connectivity index is 1.51. The van der Waals surface area contributed by atoms with E-state index in [0.29, 0.717) is 30.0 Å². The van der Waals surface area contributed by atoms with E-state index in [-0.39, 0.29) is 10.8 Å². The molecular formula is C23H22N2O4S2. The van der Waals surface area contributed by atoms with E-state index < -0.39 is 16.1 Å². The van der Waals surface area contributed by atoms with Crippen LogP contribution in [0.3, 0.4) is 0 Å². The van der Waals surface area contributed by atoms with Crippen molar-refractivity contribution in [2.24, 2.45) is 0 Å². The molecule has 0 fully saturated rings. The van der Waals surface area contributed by atoms with Crippen LogP contribution in [-0.4, -0.2) is 25.2 Å². The number of carbonyl (C=O) groups excluding carboxylic acids is 1. The molecule has 0 spiro atoms. The van der Waals surface area contributed by atoms with Gasteiger partial charge in [-0.2, -0.15) is 0 Å². The molecule has 8 heteroatoms. The molecule has 0 saturated carbocycles. The molecule has 1 aliphatic rings. The number of nitrogens with one attached hydrogen (secondary N) is 2. The third-order valence-corrected chi connectivity index (χ3v) is 7.51. The van der Waals surface area contributed by atoms with Crippen LogP contribution in [0.4, 0.5) is 11.4 Å². The van der Waals surface area contributed by atoms with Gasteiger partial charge in [0.05, 0.1) is 16.7 Å². The Morgan fingerprint density at radius 3 is 2.55 bits per heavy atom. The van der Waals surface area contributed by atoms with Crippen LogP contribution in [0.1, 0.15) is 23.7 Å². The fraction of sp³-hybridized carbons (Fsp3) is 0.174. The zero-order chi connectivity index (χ0) is 21.8. The van der Waals surface area contributed by atoms with Crippen molar-refractivity contribution >= 4 is 39.1 Å². The van der Waals surface area contributed by atoms with Crippen molar-refractivity contribution in [2.75, 3.05) is 15.8 Å². The molecule has 0 unspecified atom stereocenters. The van der Waals surface area contributed by atoms with Gasteiger partial charge in [0.25, 0.3) is 10.0 Å². The van der Waals surface area contributed by atoms with Crippen molar-refractivity contribution in [3.05, 3.63) is 83.9 Å². The van der Waals surface area contributed by atoms with Gasteiger partial charge in [-0.1, -0.05) is 42.5 Å². The zero-order valence-corrected chi connectivity index (χ0v) is 18.2. The number of sulfonamides is 1. The Bertz CT molecular complexity index is 1200. The lowest BCUT2D eigenvalue weighted by Crippen LogP contribution is -2.20. The number of carbonyl (C=O) groups is 1. The summed E-state index contributed by atoms with van der Waals surface area (Å²) >= 11 is 1.38. The van der Waals surface area contributed by atoms with Gasteiger partial charge in [0.2, 0.25) is 5.91 Å². The standard InChI is InChI=1S/C23H22N2O4S2/c26-21(16-6-2-1-3-7-16)15-30-22-9-5-4-8-20(22)25-31(28,29)18-11-12-19-17(14-18)10-13-23(27)24-19/h1-9,11-12,14,21,25-26H,10,13,15H2,(H,24,27)/t21-/m1/s1. The van der Waals surface area contributed by atoms with Crippen LogP contribution in [0.5, 0.6) is 0 Å².